The van der Waals surface area contributed by atoms with Gasteiger partial charge in [0.05, 0.1) is 39.1 Å². The molecule has 3 unspecified atom stereocenters. The first-order valence-corrected chi connectivity index (χ1v) is 12.0. The van der Waals surface area contributed by atoms with E-state index >= 15 is 0 Å². The summed E-state index contributed by atoms with van der Waals surface area (Å²) in [5.41, 5.74) is 3.22. The molecule has 4 atom stereocenters. The van der Waals surface area contributed by atoms with E-state index in [0.717, 1.165) is 16.7 Å². The fraction of sp³-hybridized carbons (Fsp3) is 0.345. The molecule has 0 bridgehead atoms. The van der Waals surface area contributed by atoms with Crippen molar-refractivity contribution in [2.75, 3.05) is 13.2 Å². The zero-order valence-corrected chi connectivity index (χ0v) is 20.0. The Hall–Kier alpha value is -3.03. The molecule has 0 radical (unpaired) electrons. The van der Waals surface area contributed by atoms with Gasteiger partial charge in [-0.15, -0.1) is 0 Å². The summed E-state index contributed by atoms with van der Waals surface area (Å²) in [6, 6.07) is 29.6. The molecule has 3 aromatic rings. The van der Waals surface area contributed by atoms with Crippen LogP contribution in [-0.2, 0) is 43.6 Å². The lowest BCUT2D eigenvalue weighted by atomic mass is 10.0. The number of nitrogens with one attached hydrogen (secondary N) is 1. The van der Waals surface area contributed by atoms with Crippen molar-refractivity contribution in [3.8, 4) is 0 Å². The van der Waals surface area contributed by atoms with Gasteiger partial charge in [-0.1, -0.05) is 91.0 Å². The molecule has 1 fully saturated rings. The van der Waals surface area contributed by atoms with Gasteiger partial charge in [0.1, 0.15) is 18.3 Å². The highest BCUT2D eigenvalue weighted by Gasteiger charge is 2.44. The van der Waals surface area contributed by atoms with Gasteiger partial charge in [0.2, 0.25) is 5.91 Å². The normalized spacial score (nSPS) is 20.4. The molecule has 1 amide bonds. The van der Waals surface area contributed by atoms with E-state index < -0.39 is 6.10 Å². The predicted octanol–water partition coefficient (Wildman–Crippen LogP) is 4.28. The molecule has 184 valence electrons. The molecule has 1 N–H and O–H groups in total. The van der Waals surface area contributed by atoms with Crippen molar-refractivity contribution in [3.63, 3.8) is 0 Å². The highest BCUT2D eigenvalue weighted by molar-refractivity contribution is 5.73. The summed E-state index contributed by atoms with van der Waals surface area (Å²) in [6.45, 7) is 3.52. The average Bonchev–Trinajstić information content (AvgIpc) is 3.30. The van der Waals surface area contributed by atoms with Crippen LogP contribution in [-0.4, -0.2) is 43.5 Å². The third-order valence-corrected chi connectivity index (χ3v) is 5.93. The van der Waals surface area contributed by atoms with E-state index in [1.165, 1.54) is 6.92 Å². The first kappa shape index (κ1) is 25.1. The Morgan fingerprint density at radius 3 is 1.89 bits per heavy atom. The molecule has 6 nitrogen and oxygen atoms in total. The van der Waals surface area contributed by atoms with Crippen LogP contribution in [0.15, 0.2) is 91.0 Å². The Morgan fingerprint density at radius 2 is 1.34 bits per heavy atom. The zero-order chi connectivity index (χ0) is 24.3. The molecular formula is C29H33NO5. The maximum atomic E-state index is 12.0. The Kier molecular flexibility index (Phi) is 9.43. The second-order valence-corrected chi connectivity index (χ2v) is 8.70. The minimum absolute atomic E-state index is 0.141. The quantitative estimate of drug-likeness (QED) is 0.424. The number of hydrogen-bond acceptors (Lipinski definition) is 5. The van der Waals surface area contributed by atoms with Crippen LogP contribution in [0.25, 0.3) is 0 Å². The van der Waals surface area contributed by atoms with Gasteiger partial charge in [0, 0.05) is 6.92 Å². The average molecular weight is 476 g/mol. The summed E-state index contributed by atoms with van der Waals surface area (Å²) >= 11 is 0. The molecular weight excluding hydrogens is 442 g/mol. The summed E-state index contributed by atoms with van der Waals surface area (Å²) in [6.07, 6.45) is -1.04. The van der Waals surface area contributed by atoms with Gasteiger partial charge >= 0.3 is 0 Å². The van der Waals surface area contributed by atoms with E-state index in [9.17, 15) is 4.79 Å². The van der Waals surface area contributed by atoms with Gasteiger partial charge < -0.3 is 24.3 Å². The molecule has 0 aromatic heterocycles. The highest BCUT2D eigenvalue weighted by Crippen LogP contribution is 2.26. The fourth-order valence-corrected chi connectivity index (χ4v) is 4.20. The van der Waals surface area contributed by atoms with Crippen molar-refractivity contribution in [3.05, 3.63) is 108 Å². The highest BCUT2D eigenvalue weighted by atomic mass is 16.6. The summed E-state index contributed by atoms with van der Waals surface area (Å²) in [5.74, 6) is -0.141. The first-order chi connectivity index (χ1) is 17.2. The van der Waals surface area contributed by atoms with E-state index in [1.807, 2.05) is 91.0 Å². The van der Waals surface area contributed by atoms with Gasteiger partial charge in [-0.3, -0.25) is 4.79 Å². The van der Waals surface area contributed by atoms with Crippen molar-refractivity contribution < 1.29 is 23.7 Å². The van der Waals surface area contributed by atoms with Crippen LogP contribution >= 0.6 is 0 Å². The Labute approximate surface area is 207 Å². The van der Waals surface area contributed by atoms with Crippen molar-refractivity contribution in [2.45, 2.75) is 51.1 Å². The van der Waals surface area contributed by atoms with E-state index in [1.54, 1.807) is 0 Å². The minimum Gasteiger partial charge on any atom is -0.375 e. The number of hydrogen-bond donors (Lipinski definition) is 1. The second kappa shape index (κ2) is 13.2. The lowest BCUT2D eigenvalue weighted by Gasteiger charge is -2.30. The molecule has 1 heterocycles. The van der Waals surface area contributed by atoms with E-state index in [-0.39, 0.29) is 24.2 Å². The number of amides is 1. The summed E-state index contributed by atoms with van der Waals surface area (Å²) in [7, 11) is 0. The van der Waals surface area contributed by atoms with E-state index in [0.29, 0.717) is 33.0 Å². The van der Waals surface area contributed by atoms with Crippen molar-refractivity contribution in [1.82, 2.24) is 5.32 Å². The van der Waals surface area contributed by atoms with Gasteiger partial charge in [-0.05, 0) is 16.7 Å². The smallest absolute Gasteiger partial charge is 0.217 e. The van der Waals surface area contributed by atoms with E-state index in [2.05, 4.69) is 5.32 Å². The molecule has 35 heavy (non-hydrogen) atoms. The molecule has 0 spiro atoms. The topological polar surface area (TPSA) is 66.0 Å². The number of carbonyl (C=O) groups is 1. The van der Waals surface area contributed by atoms with Crippen molar-refractivity contribution >= 4 is 5.91 Å². The monoisotopic (exact) mass is 475 g/mol. The maximum absolute atomic E-state index is 12.0. The largest absolute Gasteiger partial charge is 0.375 e. The molecule has 0 saturated carbocycles. The van der Waals surface area contributed by atoms with E-state index in [4.69, 9.17) is 18.9 Å². The van der Waals surface area contributed by atoms with Crippen LogP contribution in [0.5, 0.6) is 0 Å². The molecule has 0 aliphatic carbocycles. The molecule has 3 aromatic carbocycles. The molecule has 1 saturated heterocycles. The van der Waals surface area contributed by atoms with Crippen molar-refractivity contribution in [1.29, 1.82) is 0 Å². The number of benzene rings is 3. The van der Waals surface area contributed by atoms with Gasteiger partial charge in [0.25, 0.3) is 0 Å². The third kappa shape index (κ3) is 7.73. The summed E-state index contributed by atoms with van der Waals surface area (Å²) in [5, 5.41) is 3.01. The lowest BCUT2D eigenvalue weighted by molar-refractivity contribution is -0.123. The zero-order valence-electron chi connectivity index (χ0n) is 20.0. The van der Waals surface area contributed by atoms with Crippen molar-refractivity contribution in [2.24, 2.45) is 0 Å². The lowest BCUT2D eigenvalue weighted by Crippen LogP contribution is -2.51. The van der Waals surface area contributed by atoms with Gasteiger partial charge in [-0.2, -0.15) is 0 Å². The Balaban J connectivity index is 1.44. The Bertz CT molecular complexity index is 1020. The molecule has 1 aliphatic rings. The van der Waals surface area contributed by atoms with Crippen LogP contribution in [0.2, 0.25) is 0 Å². The standard InChI is InChI=1S/C29H33NO5/c1-22(31)30-26(20-32-17-23-11-5-2-6-12-23)28-29(34-19-25-15-9-4-10-16-25)27(21-35-28)33-18-24-13-7-3-8-14-24/h2-16,26-29H,17-21H2,1H3,(H,30,31)/t26?,27?,28-,29?/m1/s1. The number of rotatable bonds is 12. The maximum Gasteiger partial charge on any atom is 0.217 e. The summed E-state index contributed by atoms with van der Waals surface area (Å²) in [4.78, 5) is 12.0. The number of carbonyl (C=O) groups excluding carboxylic acids is 1. The van der Waals surface area contributed by atoms with Crippen LogP contribution in [0.3, 0.4) is 0 Å². The van der Waals surface area contributed by atoms with Crippen LogP contribution in [0, 0.1) is 0 Å². The summed E-state index contributed by atoms with van der Waals surface area (Å²) < 4.78 is 24.8. The first-order valence-electron chi connectivity index (χ1n) is 12.0. The minimum atomic E-state index is -0.404. The molecule has 1 aliphatic heterocycles. The molecule has 6 heteroatoms. The van der Waals surface area contributed by atoms with Crippen LogP contribution in [0.4, 0.5) is 0 Å². The van der Waals surface area contributed by atoms with Crippen LogP contribution in [0.1, 0.15) is 23.6 Å². The fourth-order valence-electron chi connectivity index (χ4n) is 4.20. The second-order valence-electron chi connectivity index (χ2n) is 8.70. The third-order valence-electron chi connectivity index (χ3n) is 5.93. The van der Waals surface area contributed by atoms with Gasteiger partial charge in [-0.25, -0.2) is 0 Å². The predicted molar refractivity (Wildman–Crippen MR) is 133 cm³/mol. The van der Waals surface area contributed by atoms with Gasteiger partial charge in [0.15, 0.2) is 0 Å². The molecule has 4 rings (SSSR count). The SMILES string of the molecule is CC(=O)NC(COCc1ccccc1)[C@H]1OCC(OCc2ccccc2)C1OCc1ccccc1. The Morgan fingerprint density at radius 1 is 0.829 bits per heavy atom. The van der Waals surface area contributed by atoms with Crippen LogP contribution < -0.4 is 5.32 Å². The number of ether oxygens (including phenoxy) is 4.